The average molecular weight is 307 g/mol. The monoisotopic (exact) mass is 307 g/mol. The summed E-state index contributed by atoms with van der Waals surface area (Å²) in [7, 11) is 1.52. The quantitative estimate of drug-likeness (QED) is 0.677. The average Bonchev–Trinajstić information content (AvgIpc) is 2.51. The van der Waals surface area contributed by atoms with E-state index < -0.39 is 11.9 Å². The maximum atomic E-state index is 11.6. The van der Waals surface area contributed by atoms with Crippen molar-refractivity contribution in [3.05, 3.63) is 36.4 Å². The number of carboxylic acids is 1. The third kappa shape index (κ3) is 5.47. The summed E-state index contributed by atoms with van der Waals surface area (Å²) in [6.45, 7) is 5.05. The lowest BCUT2D eigenvalue weighted by Crippen LogP contribution is -2.34. The first-order valence-electron chi connectivity index (χ1n) is 6.88. The van der Waals surface area contributed by atoms with E-state index in [1.807, 2.05) is 12.1 Å². The molecule has 1 atom stereocenters. The van der Waals surface area contributed by atoms with Crippen LogP contribution in [0.5, 0.6) is 11.5 Å². The van der Waals surface area contributed by atoms with Crippen molar-refractivity contribution < 1.29 is 24.2 Å². The predicted octanol–water partition coefficient (Wildman–Crippen LogP) is 1.64. The van der Waals surface area contributed by atoms with Crippen molar-refractivity contribution in [2.45, 2.75) is 13.3 Å². The van der Waals surface area contributed by atoms with Gasteiger partial charge in [0.25, 0.3) is 5.91 Å². The van der Waals surface area contributed by atoms with Gasteiger partial charge in [0, 0.05) is 6.54 Å². The molecular formula is C16H21NO5. The minimum absolute atomic E-state index is 0.0624. The van der Waals surface area contributed by atoms with Crippen molar-refractivity contribution in [1.82, 2.24) is 5.32 Å². The van der Waals surface area contributed by atoms with Gasteiger partial charge in [0.1, 0.15) is 0 Å². The molecule has 1 aromatic rings. The van der Waals surface area contributed by atoms with E-state index in [0.29, 0.717) is 17.9 Å². The van der Waals surface area contributed by atoms with Crippen molar-refractivity contribution in [3.63, 3.8) is 0 Å². The summed E-state index contributed by atoms with van der Waals surface area (Å²) < 4.78 is 10.6. The minimum Gasteiger partial charge on any atom is -0.493 e. The summed E-state index contributed by atoms with van der Waals surface area (Å²) in [5.41, 5.74) is 1.03. The third-order valence-corrected chi connectivity index (χ3v) is 2.99. The number of methoxy groups -OCH3 is 1. The Balaban J connectivity index is 2.54. The van der Waals surface area contributed by atoms with Crippen molar-refractivity contribution in [2.75, 3.05) is 20.3 Å². The molecule has 0 spiro atoms. The zero-order valence-corrected chi connectivity index (χ0v) is 12.8. The second-order valence-corrected chi connectivity index (χ2v) is 4.81. The van der Waals surface area contributed by atoms with Gasteiger partial charge in [-0.15, -0.1) is 6.58 Å². The number of amides is 1. The zero-order chi connectivity index (χ0) is 16.5. The molecule has 1 rings (SSSR count). The molecule has 0 bridgehead atoms. The Hall–Kier alpha value is -2.50. The molecule has 0 fully saturated rings. The number of benzene rings is 1. The fraction of sp³-hybridized carbons (Fsp3) is 0.375. The Kier molecular flexibility index (Phi) is 6.95. The first kappa shape index (κ1) is 17.6. The van der Waals surface area contributed by atoms with Crippen molar-refractivity contribution >= 4 is 11.9 Å². The van der Waals surface area contributed by atoms with E-state index in [-0.39, 0.29) is 19.1 Å². The Bertz CT molecular complexity index is 541. The highest BCUT2D eigenvalue weighted by molar-refractivity contribution is 5.78. The number of hydrogen-bond acceptors (Lipinski definition) is 4. The van der Waals surface area contributed by atoms with E-state index in [1.165, 1.54) is 14.0 Å². The van der Waals surface area contributed by atoms with Crippen LogP contribution in [0.25, 0.3) is 0 Å². The number of rotatable bonds is 9. The van der Waals surface area contributed by atoms with E-state index >= 15 is 0 Å². The molecule has 6 nitrogen and oxygen atoms in total. The lowest BCUT2D eigenvalue weighted by atomic mass is 10.1. The van der Waals surface area contributed by atoms with E-state index in [9.17, 15) is 9.59 Å². The second kappa shape index (κ2) is 8.71. The van der Waals surface area contributed by atoms with Crippen LogP contribution in [0.3, 0.4) is 0 Å². The van der Waals surface area contributed by atoms with Gasteiger partial charge in [-0.1, -0.05) is 19.1 Å². The number of aliphatic carboxylic acids is 1. The minimum atomic E-state index is -0.958. The predicted molar refractivity (Wildman–Crippen MR) is 82.2 cm³/mol. The first-order valence-corrected chi connectivity index (χ1v) is 6.88. The Morgan fingerprint density at radius 1 is 1.41 bits per heavy atom. The normalized spacial score (nSPS) is 11.4. The molecule has 6 heteroatoms. The molecule has 0 aliphatic rings. The van der Waals surface area contributed by atoms with Crippen LogP contribution in [0, 0.1) is 5.92 Å². The van der Waals surface area contributed by atoms with Crippen LogP contribution in [0.15, 0.2) is 30.9 Å². The van der Waals surface area contributed by atoms with Gasteiger partial charge in [-0.3, -0.25) is 9.59 Å². The number of carbonyl (C=O) groups excluding carboxylic acids is 1. The third-order valence-electron chi connectivity index (χ3n) is 2.99. The van der Waals surface area contributed by atoms with Crippen LogP contribution in [0.1, 0.15) is 12.5 Å². The van der Waals surface area contributed by atoms with Crippen LogP contribution in [0.2, 0.25) is 0 Å². The van der Waals surface area contributed by atoms with E-state index in [1.54, 1.807) is 12.1 Å². The van der Waals surface area contributed by atoms with Crippen molar-refractivity contribution in [3.8, 4) is 11.5 Å². The molecule has 120 valence electrons. The second-order valence-electron chi connectivity index (χ2n) is 4.81. The van der Waals surface area contributed by atoms with Crippen molar-refractivity contribution in [2.24, 2.45) is 5.92 Å². The van der Waals surface area contributed by atoms with Crippen LogP contribution in [-0.2, 0) is 16.0 Å². The molecule has 1 aromatic carbocycles. The van der Waals surface area contributed by atoms with Gasteiger partial charge < -0.3 is 19.9 Å². The van der Waals surface area contributed by atoms with Gasteiger partial charge in [0.2, 0.25) is 0 Å². The summed E-state index contributed by atoms with van der Waals surface area (Å²) >= 11 is 0. The number of ether oxygens (including phenoxy) is 2. The topological polar surface area (TPSA) is 84.9 Å². The van der Waals surface area contributed by atoms with Gasteiger partial charge in [0.15, 0.2) is 18.1 Å². The van der Waals surface area contributed by atoms with Crippen molar-refractivity contribution in [1.29, 1.82) is 0 Å². The standard InChI is InChI=1S/C16H21NO5/c1-4-5-12-6-7-13(14(8-12)21-3)22-10-15(18)17-9-11(2)16(19)20/h4,6-8,11H,1,5,9-10H2,2-3H3,(H,17,18)(H,19,20). The largest absolute Gasteiger partial charge is 0.493 e. The fourth-order valence-electron chi connectivity index (χ4n) is 1.67. The molecule has 0 aromatic heterocycles. The Morgan fingerprint density at radius 3 is 2.73 bits per heavy atom. The van der Waals surface area contributed by atoms with Gasteiger partial charge >= 0.3 is 5.97 Å². The maximum absolute atomic E-state index is 11.6. The molecule has 1 unspecified atom stereocenters. The number of carboxylic acid groups (broad SMARTS) is 1. The molecular weight excluding hydrogens is 286 g/mol. The number of allylic oxidation sites excluding steroid dienone is 1. The molecule has 0 aliphatic heterocycles. The number of nitrogens with one attached hydrogen (secondary N) is 1. The molecule has 0 saturated carbocycles. The molecule has 1 amide bonds. The molecule has 0 heterocycles. The summed E-state index contributed by atoms with van der Waals surface area (Å²) in [6, 6.07) is 5.41. The van der Waals surface area contributed by atoms with E-state index in [2.05, 4.69) is 11.9 Å². The van der Waals surface area contributed by atoms with Gasteiger partial charge in [-0.2, -0.15) is 0 Å². The van der Waals surface area contributed by atoms with Crippen LogP contribution < -0.4 is 14.8 Å². The van der Waals surface area contributed by atoms with Gasteiger partial charge in [-0.25, -0.2) is 0 Å². The smallest absolute Gasteiger partial charge is 0.308 e. The lowest BCUT2D eigenvalue weighted by Gasteiger charge is -2.12. The highest BCUT2D eigenvalue weighted by Gasteiger charge is 2.13. The van der Waals surface area contributed by atoms with Crippen LogP contribution in [0.4, 0.5) is 0 Å². The summed E-state index contributed by atoms with van der Waals surface area (Å²) in [4.78, 5) is 22.3. The number of hydrogen-bond donors (Lipinski definition) is 2. The van der Waals surface area contributed by atoms with Crippen LogP contribution in [-0.4, -0.2) is 37.2 Å². The molecule has 2 N–H and O–H groups in total. The summed E-state index contributed by atoms with van der Waals surface area (Å²) in [6.07, 6.45) is 2.50. The Labute approximate surface area is 129 Å². The summed E-state index contributed by atoms with van der Waals surface area (Å²) in [5.74, 6) is -0.995. The van der Waals surface area contributed by atoms with Crippen LogP contribution >= 0.6 is 0 Å². The van der Waals surface area contributed by atoms with E-state index in [4.69, 9.17) is 14.6 Å². The van der Waals surface area contributed by atoms with Gasteiger partial charge in [-0.05, 0) is 24.1 Å². The zero-order valence-electron chi connectivity index (χ0n) is 12.8. The maximum Gasteiger partial charge on any atom is 0.308 e. The number of carbonyl (C=O) groups is 2. The van der Waals surface area contributed by atoms with Gasteiger partial charge in [0.05, 0.1) is 13.0 Å². The highest BCUT2D eigenvalue weighted by atomic mass is 16.5. The van der Waals surface area contributed by atoms with E-state index in [0.717, 1.165) is 5.56 Å². The molecule has 0 saturated heterocycles. The molecule has 22 heavy (non-hydrogen) atoms. The molecule has 0 radical (unpaired) electrons. The Morgan fingerprint density at radius 2 is 2.14 bits per heavy atom. The lowest BCUT2D eigenvalue weighted by molar-refractivity contribution is -0.141. The SMILES string of the molecule is C=CCc1ccc(OCC(=O)NCC(C)C(=O)O)c(OC)c1. The fourth-order valence-corrected chi connectivity index (χ4v) is 1.67. The molecule has 0 aliphatic carbocycles. The first-order chi connectivity index (χ1) is 10.5. The highest BCUT2D eigenvalue weighted by Crippen LogP contribution is 2.28. The summed E-state index contributed by atoms with van der Waals surface area (Å²) in [5, 5.41) is 11.2.